The number of carbonyl (C=O) groups is 2. The summed E-state index contributed by atoms with van der Waals surface area (Å²) in [4.78, 5) is 24.4. The van der Waals surface area contributed by atoms with Crippen molar-refractivity contribution in [3.63, 3.8) is 0 Å². The fourth-order valence-corrected chi connectivity index (χ4v) is 3.71. The van der Waals surface area contributed by atoms with E-state index >= 15 is 0 Å². The Balaban J connectivity index is 1.90. The maximum Gasteiger partial charge on any atom is 0.313 e. The van der Waals surface area contributed by atoms with Crippen molar-refractivity contribution in [2.75, 3.05) is 26.6 Å². The second kappa shape index (κ2) is 11.2. The molecular weight excluding hydrogens is 352 g/mol. The second-order valence-electron chi connectivity index (χ2n) is 6.14. The fourth-order valence-electron chi connectivity index (χ4n) is 2.87. The van der Waals surface area contributed by atoms with Crippen LogP contribution in [0.2, 0.25) is 0 Å². The zero-order chi connectivity index (χ0) is 18.8. The molecule has 1 aliphatic rings. The Hall–Kier alpha value is -1.63. The lowest BCUT2D eigenvalue weighted by atomic mass is 9.88. The van der Waals surface area contributed by atoms with Gasteiger partial charge in [0.2, 0.25) is 0 Å². The van der Waals surface area contributed by atoms with Crippen LogP contribution >= 0.6 is 11.8 Å². The molecule has 0 unspecified atom stereocenters. The zero-order valence-corrected chi connectivity index (χ0v) is 16.1. The first-order valence-electron chi connectivity index (χ1n) is 8.72. The highest BCUT2D eigenvalue weighted by Crippen LogP contribution is 2.30. The number of hydrogen-bond acceptors (Lipinski definition) is 6. The van der Waals surface area contributed by atoms with Crippen LogP contribution < -0.4 is 0 Å². The van der Waals surface area contributed by atoms with Gasteiger partial charge in [-0.15, -0.1) is 11.8 Å². The highest BCUT2D eigenvalue weighted by atomic mass is 32.2. The third-order valence-electron chi connectivity index (χ3n) is 4.38. The minimum Gasteiger partial charge on any atom is -0.469 e. The number of esters is 1. The average Bonchev–Trinajstić information content (AvgIpc) is 2.67. The Morgan fingerprint density at radius 1 is 1.27 bits per heavy atom. The molecule has 1 aromatic rings. The summed E-state index contributed by atoms with van der Waals surface area (Å²) < 4.78 is 15.6. The molecule has 0 saturated carbocycles. The van der Waals surface area contributed by atoms with E-state index in [4.69, 9.17) is 9.47 Å². The van der Waals surface area contributed by atoms with Crippen molar-refractivity contribution in [2.24, 2.45) is 5.92 Å². The topological polar surface area (TPSA) is 61.8 Å². The summed E-state index contributed by atoms with van der Waals surface area (Å²) in [5.74, 6) is 0.515. The molecule has 2 atom stereocenters. The summed E-state index contributed by atoms with van der Waals surface area (Å²) in [7, 11) is 2.92. The monoisotopic (exact) mass is 378 g/mol. The predicted molar refractivity (Wildman–Crippen MR) is 101 cm³/mol. The van der Waals surface area contributed by atoms with E-state index < -0.39 is 5.97 Å². The third kappa shape index (κ3) is 6.94. The van der Waals surface area contributed by atoms with E-state index in [0.29, 0.717) is 19.4 Å². The Morgan fingerprint density at radius 2 is 2.04 bits per heavy atom. The van der Waals surface area contributed by atoms with Crippen LogP contribution in [0, 0.1) is 5.92 Å². The van der Waals surface area contributed by atoms with Crippen LogP contribution in [-0.2, 0) is 23.8 Å². The molecule has 142 valence electrons. The lowest BCUT2D eigenvalue weighted by Crippen LogP contribution is -2.29. The normalized spacial score (nSPS) is 21.5. The molecule has 1 saturated heterocycles. The number of Topliss-reactive ketones (excluding diaryl/α,β-unsaturated/α-hetero) is 1. The summed E-state index contributed by atoms with van der Waals surface area (Å²) in [5.41, 5.74) is 1.20. The molecule has 1 aromatic carbocycles. The van der Waals surface area contributed by atoms with E-state index in [9.17, 15) is 9.59 Å². The summed E-state index contributed by atoms with van der Waals surface area (Å²) in [6.45, 7) is 0.518. The fraction of sp³-hybridized carbons (Fsp3) is 0.500. The number of hydrogen-bond donors (Lipinski definition) is 0. The van der Waals surface area contributed by atoms with Gasteiger partial charge >= 0.3 is 5.97 Å². The Kier molecular flexibility index (Phi) is 8.88. The van der Waals surface area contributed by atoms with Crippen LogP contribution in [0.3, 0.4) is 0 Å². The van der Waals surface area contributed by atoms with Crippen LogP contribution in [0.25, 0.3) is 0 Å². The molecule has 0 spiro atoms. The van der Waals surface area contributed by atoms with Gasteiger partial charge in [-0.3, -0.25) is 9.59 Å². The molecule has 0 radical (unpaired) electrons. The van der Waals surface area contributed by atoms with Gasteiger partial charge in [-0.2, -0.15) is 0 Å². The Labute approximate surface area is 159 Å². The maximum atomic E-state index is 11.9. The highest BCUT2D eigenvalue weighted by Gasteiger charge is 2.27. The first-order valence-corrected chi connectivity index (χ1v) is 9.70. The van der Waals surface area contributed by atoms with Crippen LogP contribution in [0.1, 0.15) is 25.7 Å². The molecule has 0 aliphatic carbocycles. The van der Waals surface area contributed by atoms with Crippen molar-refractivity contribution in [3.05, 3.63) is 42.0 Å². The zero-order valence-electron chi connectivity index (χ0n) is 15.3. The van der Waals surface area contributed by atoms with Gasteiger partial charge in [0.15, 0.2) is 6.29 Å². The summed E-state index contributed by atoms with van der Waals surface area (Å²) >= 11 is 1.77. The van der Waals surface area contributed by atoms with Crippen molar-refractivity contribution in [1.82, 2.24) is 0 Å². The van der Waals surface area contributed by atoms with Gasteiger partial charge < -0.3 is 14.2 Å². The van der Waals surface area contributed by atoms with Gasteiger partial charge in [0.1, 0.15) is 12.2 Å². The first-order chi connectivity index (χ1) is 12.6. The van der Waals surface area contributed by atoms with E-state index in [1.165, 1.54) is 17.6 Å². The van der Waals surface area contributed by atoms with Gasteiger partial charge in [-0.05, 0) is 30.0 Å². The number of rotatable bonds is 9. The molecule has 0 bridgehead atoms. The third-order valence-corrected chi connectivity index (χ3v) is 5.32. The molecular formula is C20H26O5S. The standard InChI is InChI=1S/C20H26O5S/c1-23-19(22)13-17(21)9-8-15-12-20(24-2)25-14-16(15)10-11-26-18-6-4-3-5-7-18/h3-7,10,15,20H,8-9,11-14H2,1-2H3/b16-10-/t15-,20+/m0/s1. The number of ether oxygens (including phenoxy) is 3. The number of methoxy groups -OCH3 is 2. The van der Waals surface area contributed by atoms with E-state index in [1.807, 2.05) is 18.2 Å². The molecule has 5 nitrogen and oxygen atoms in total. The largest absolute Gasteiger partial charge is 0.469 e. The molecule has 1 fully saturated rings. The van der Waals surface area contributed by atoms with Crippen LogP contribution in [0.5, 0.6) is 0 Å². The van der Waals surface area contributed by atoms with Crippen molar-refractivity contribution < 1.29 is 23.8 Å². The molecule has 26 heavy (non-hydrogen) atoms. The van der Waals surface area contributed by atoms with Crippen molar-refractivity contribution >= 4 is 23.5 Å². The van der Waals surface area contributed by atoms with Gasteiger partial charge in [0.05, 0.1) is 13.7 Å². The lowest BCUT2D eigenvalue weighted by Gasteiger charge is -2.31. The van der Waals surface area contributed by atoms with Crippen LogP contribution in [0.4, 0.5) is 0 Å². The van der Waals surface area contributed by atoms with Gasteiger partial charge in [-0.25, -0.2) is 0 Å². The SMILES string of the molecule is COC(=O)CC(=O)CC[C@H]1C[C@H](OC)OC/C1=C/CSc1ccccc1. The summed E-state index contributed by atoms with van der Waals surface area (Å²) in [5, 5.41) is 0. The minimum absolute atomic E-state index is 0.0877. The van der Waals surface area contributed by atoms with E-state index in [-0.39, 0.29) is 24.4 Å². The quantitative estimate of drug-likeness (QED) is 0.283. The molecule has 1 heterocycles. The number of ketones is 1. The Bertz CT molecular complexity index is 614. The highest BCUT2D eigenvalue weighted by molar-refractivity contribution is 7.99. The van der Waals surface area contributed by atoms with Crippen molar-refractivity contribution in [1.29, 1.82) is 0 Å². The molecule has 0 N–H and O–H groups in total. The van der Waals surface area contributed by atoms with E-state index in [0.717, 1.165) is 12.2 Å². The van der Waals surface area contributed by atoms with Gasteiger partial charge in [0, 0.05) is 30.6 Å². The smallest absolute Gasteiger partial charge is 0.313 e. The maximum absolute atomic E-state index is 11.9. The van der Waals surface area contributed by atoms with Crippen molar-refractivity contribution in [2.45, 2.75) is 36.9 Å². The molecule has 0 amide bonds. The van der Waals surface area contributed by atoms with E-state index in [1.54, 1.807) is 18.9 Å². The lowest BCUT2D eigenvalue weighted by molar-refractivity contribution is -0.145. The van der Waals surface area contributed by atoms with Crippen LogP contribution in [0.15, 0.2) is 46.9 Å². The second-order valence-corrected chi connectivity index (χ2v) is 7.24. The van der Waals surface area contributed by atoms with Gasteiger partial charge in [0.25, 0.3) is 0 Å². The van der Waals surface area contributed by atoms with Gasteiger partial charge in [-0.1, -0.05) is 24.3 Å². The number of thioether (sulfide) groups is 1. The minimum atomic E-state index is -0.480. The molecule has 1 aliphatic heterocycles. The predicted octanol–water partition coefficient (Wildman–Crippen LogP) is 3.63. The average molecular weight is 378 g/mol. The molecule has 2 rings (SSSR count). The van der Waals surface area contributed by atoms with Crippen LogP contribution in [-0.4, -0.2) is 44.6 Å². The Morgan fingerprint density at radius 3 is 2.73 bits per heavy atom. The number of carbonyl (C=O) groups excluding carboxylic acids is 2. The van der Waals surface area contributed by atoms with E-state index in [2.05, 4.69) is 22.9 Å². The first kappa shape index (κ1) is 20.7. The number of benzene rings is 1. The summed E-state index contributed by atoms with van der Waals surface area (Å²) in [6.07, 6.45) is 3.58. The van der Waals surface area contributed by atoms with Crippen molar-refractivity contribution in [3.8, 4) is 0 Å². The molecule has 0 aromatic heterocycles. The summed E-state index contributed by atoms with van der Waals surface area (Å²) in [6, 6.07) is 10.2. The molecule has 6 heteroatoms.